The Kier molecular flexibility index (Phi) is 5.36. The number of rotatable bonds is 5. The number of anilines is 2. The predicted octanol–water partition coefficient (Wildman–Crippen LogP) is 2.17. The van der Waals surface area contributed by atoms with Crippen LogP contribution in [0.2, 0.25) is 0 Å². The Morgan fingerprint density at radius 3 is 2.64 bits per heavy atom. The van der Waals surface area contributed by atoms with Gasteiger partial charge in [-0.2, -0.15) is 0 Å². The lowest BCUT2D eigenvalue weighted by Gasteiger charge is -2.14. The summed E-state index contributed by atoms with van der Waals surface area (Å²) in [4.78, 5) is 52.1. The highest BCUT2D eigenvalue weighted by atomic mass is 32.1. The SMILES string of the molecule is CC(=O)Nc1sc(C)c(C)c1C(=O)OC(C)C(=O)Nc1ncnc2nc[nH]c12. The number of thiophene rings is 1. The lowest BCUT2D eigenvalue weighted by molar-refractivity contribution is -0.123. The standard InChI is InChI=1S/C17H18N6O4S/c1-7-9(3)28-16(22-10(4)24)11(7)17(26)27-8(2)15(25)23-14-12-13(19-5-18-12)20-6-21-14/h5-6,8H,1-4H3,(H,22,24)(H2,18,19,20,21,23,25). The average molecular weight is 402 g/mol. The molecule has 0 aromatic carbocycles. The molecule has 11 heteroatoms. The van der Waals surface area contributed by atoms with E-state index in [1.54, 1.807) is 6.92 Å². The fourth-order valence-electron chi connectivity index (χ4n) is 2.47. The van der Waals surface area contributed by atoms with Crippen LogP contribution >= 0.6 is 11.3 Å². The molecule has 10 nitrogen and oxygen atoms in total. The van der Waals surface area contributed by atoms with Gasteiger partial charge >= 0.3 is 5.97 Å². The molecule has 0 spiro atoms. The van der Waals surface area contributed by atoms with Gasteiger partial charge in [0.15, 0.2) is 17.6 Å². The second kappa shape index (κ2) is 7.72. The number of aromatic amines is 1. The highest BCUT2D eigenvalue weighted by molar-refractivity contribution is 7.16. The summed E-state index contributed by atoms with van der Waals surface area (Å²) in [6.07, 6.45) is 1.61. The number of nitrogens with zero attached hydrogens (tertiary/aromatic N) is 3. The summed E-state index contributed by atoms with van der Waals surface area (Å²) in [5.74, 6) is -1.32. The Hall–Kier alpha value is -3.34. The Balaban J connectivity index is 1.75. The van der Waals surface area contributed by atoms with E-state index in [0.29, 0.717) is 21.7 Å². The molecule has 146 valence electrons. The first kappa shape index (κ1) is 19.4. The van der Waals surface area contributed by atoms with Gasteiger partial charge in [-0.1, -0.05) is 0 Å². The zero-order valence-corrected chi connectivity index (χ0v) is 16.4. The van der Waals surface area contributed by atoms with Crippen LogP contribution in [0.5, 0.6) is 0 Å². The molecule has 0 fully saturated rings. The van der Waals surface area contributed by atoms with E-state index in [4.69, 9.17) is 4.74 Å². The van der Waals surface area contributed by atoms with Crippen LogP contribution in [0, 0.1) is 13.8 Å². The van der Waals surface area contributed by atoms with E-state index >= 15 is 0 Å². The minimum atomic E-state index is -1.09. The Bertz CT molecular complexity index is 1070. The van der Waals surface area contributed by atoms with Gasteiger partial charge in [-0.3, -0.25) is 9.59 Å². The zero-order chi connectivity index (χ0) is 20.4. The third-order valence-electron chi connectivity index (χ3n) is 4.00. The van der Waals surface area contributed by atoms with Gasteiger partial charge in [0.05, 0.1) is 11.9 Å². The van der Waals surface area contributed by atoms with Gasteiger partial charge in [-0.15, -0.1) is 11.3 Å². The van der Waals surface area contributed by atoms with Crippen molar-refractivity contribution in [2.45, 2.75) is 33.8 Å². The van der Waals surface area contributed by atoms with E-state index in [1.165, 1.54) is 37.8 Å². The number of aryl methyl sites for hydroxylation is 1. The molecule has 3 heterocycles. The quantitative estimate of drug-likeness (QED) is 0.556. The molecule has 0 saturated heterocycles. The number of imidazole rings is 1. The van der Waals surface area contributed by atoms with Gasteiger partial charge in [0, 0.05) is 11.8 Å². The zero-order valence-electron chi connectivity index (χ0n) is 15.6. The van der Waals surface area contributed by atoms with Crippen LogP contribution in [0.4, 0.5) is 10.8 Å². The number of hydrogen-bond acceptors (Lipinski definition) is 8. The molecule has 3 rings (SSSR count). The molecule has 0 radical (unpaired) electrons. The summed E-state index contributed by atoms with van der Waals surface area (Å²) < 4.78 is 5.32. The second-order valence-corrected chi connectivity index (χ2v) is 7.25. The molecule has 28 heavy (non-hydrogen) atoms. The van der Waals surface area contributed by atoms with E-state index in [-0.39, 0.29) is 17.3 Å². The number of H-pyrrole nitrogens is 1. The van der Waals surface area contributed by atoms with Gasteiger partial charge in [-0.05, 0) is 26.3 Å². The average Bonchev–Trinajstić information content (AvgIpc) is 3.20. The summed E-state index contributed by atoms with van der Waals surface area (Å²) >= 11 is 1.28. The Labute approximate surface area is 163 Å². The van der Waals surface area contributed by atoms with Crippen LogP contribution in [0.3, 0.4) is 0 Å². The van der Waals surface area contributed by atoms with Crippen molar-refractivity contribution in [1.29, 1.82) is 0 Å². The summed E-state index contributed by atoms with van der Waals surface area (Å²) in [5, 5.41) is 5.61. The normalized spacial score (nSPS) is 11.9. The molecule has 0 aliphatic carbocycles. The molecular weight excluding hydrogens is 384 g/mol. The highest BCUT2D eigenvalue weighted by Crippen LogP contribution is 2.33. The third-order valence-corrected chi connectivity index (χ3v) is 5.12. The van der Waals surface area contributed by atoms with Crippen molar-refractivity contribution >= 4 is 51.1 Å². The maximum Gasteiger partial charge on any atom is 0.342 e. The van der Waals surface area contributed by atoms with Crippen molar-refractivity contribution in [3.8, 4) is 0 Å². The van der Waals surface area contributed by atoms with Gasteiger partial charge in [0.2, 0.25) is 5.91 Å². The van der Waals surface area contributed by atoms with Crippen molar-refractivity contribution in [3.05, 3.63) is 28.7 Å². The van der Waals surface area contributed by atoms with E-state index in [2.05, 4.69) is 30.6 Å². The van der Waals surface area contributed by atoms with Gasteiger partial charge in [0.25, 0.3) is 5.91 Å². The molecule has 3 aromatic heterocycles. The second-order valence-electron chi connectivity index (χ2n) is 6.03. The summed E-state index contributed by atoms with van der Waals surface area (Å²) in [5.41, 5.74) is 1.81. The van der Waals surface area contributed by atoms with Crippen LogP contribution < -0.4 is 10.6 Å². The molecule has 1 unspecified atom stereocenters. The largest absolute Gasteiger partial charge is 0.449 e. The lowest BCUT2D eigenvalue weighted by Crippen LogP contribution is -2.30. The molecule has 3 N–H and O–H groups in total. The van der Waals surface area contributed by atoms with Crippen LogP contribution in [-0.2, 0) is 14.3 Å². The molecule has 0 aliphatic heterocycles. The number of amides is 2. The molecule has 0 aliphatic rings. The van der Waals surface area contributed by atoms with E-state index < -0.39 is 18.0 Å². The molecule has 1 atom stereocenters. The third kappa shape index (κ3) is 3.83. The first-order valence-corrected chi connectivity index (χ1v) is 9.13. The number of hydrogen-bond donors (Lipinski definition) is 3. The van der Waals surface area contributed by atoms with Crippen molar-refractivity contribution in [2.24, 2.45) is 0 Å². The number of carbonyl (C=O) groups excluding carboxylic acids is 3. The number of aromatic nitrogens is 4. The van der Waals surface area contributed by atoms with Crippen LogP contribution in [-0.4, -0.2) is 43.8 Å². The number of nitrogens with one attached hydrogen (secondary N) is 3. The maximum atomic E-state index is 12.6. The molecule has 0 bridgehead atoms. The highest BCUT2D eigenvalue weighted by Gasteiger charge is 2.26. The monoisotopic (exact) mass is 402 g/mol. The maximum absolute atomic E-state index is 12.6. The van der Waals surface area contributed by atoms with E-state index in [1.807, 2.05) is 6.92 Å². The summed E-state index contributed by atoms with van der Waals surface area (Å²) in [6.45, 7) is 6.40. The molecule has 0 saturated carbocycles. The smallest absolute Gasteiger partial charge is 0.342 e. The van der Waals surface area contributed by atoms with Crippen LogP contribution in [0.1, 0.15) is 34.6 Å². The number of carbonyl (C=O) groups is 3. The summed E-state index contributed by atoms with van der Waals surface area (Å²) in [6, 6.07) is 0. The first-order valence-electron chi connectivity index (χ1n) is 8.31. The molecular formula is C17H18N6O4S. The first-order chi connectivity index (χ1) is 13.3. The van der Waals surface area contributed by atoms with Crippen molar-refractivity contribution in [1.82, 2.24) is 19.9 Å². The summed E-state index contributed by atoms with van der Waals surface area (Å²) in [7, 11) is 0. The number of ether oxygens (including phenoxy) is 1. The van der Waals surface area contributed by atoms with Gasteiger partial charge in [0.1, 0.15) is 16.8 Å². The Morgan fingerprint density at radius 1 is 1.18 bits per heavy atom. The van der Waals surface area contributed by atoms with Gasteiger partial charge < -0.3 is 20.4 Å². The van der Waals surface area contributed by atoms with Gasteiger partial charge in [-0.25, -0.2) is 19.7 Å². The van der Waals surface area contributed by atoms with Crippen molar-refractivity contribution < 1.29 is 19.1 Å². The van der Waals surface area contributed by atoms with Crippen LogP contribution in [0.25, 0.3) is 11.2 Å². The molecule has 2 amide bonds. The minimum absolute atomic E-state index is 0.233. The minimum Gasteiger partial charge on any atom is -0.449 e. The number of esters is 1. The van der Waals surface area contributed by atoms with Crippen LogP contribution in [0.15, 0.2) is 12.7 Å². The number of fused-ring (bicyclic) bond motifs is 1. The van der Waals surface area contributed by atoms with E-state index in [9.17, 15) is 14.4 Å². The molecule has 3 aromatic rings. The fourth-order valence-corrected chi connectivity index (χ4v) is 3.57. The predicted molar refractivity (Wildman–Crippen MR) is 103 cm³/mol. The van der Waals surface area contributed by atoms with Crippen molar-refractivity contribution in [3.63, 3.8) is 0 Å². The Morgan fingerprint density at radius 2 is 1.93 bits per heavy atom. The van der Waals surface area contributed by atoms with E-state index in [0.717, 1.165) is 4.88 Å². The topological polar surface area (TPSA) is 139 Å². The fraction of sp³-hybridized carbons (Fsp3) is 0.294. The lowest BCUT2D eigenvalue weighted by atomic mass is 10.1. The van der Waals surface area contributed by atoms with Crippen molar-refractivity contribution in [2.75, 3.05) is 10.6 Å².